The molecule has 0 radical (unpaired) electrons. The highest BCUT2D eigenvalue weighted by Crippen LogP contribution is 2.20. The van der Waals surface area contributed by atoms with E-state index in [0.717, 1.165) is 18.7 Å². The molecule has 0 bridgehead atoms. The Hall–Kier alpha value is -2.28. The van der Waals surface area contributed by atoms with Crippen LogP contribution < -0.4 is 4.90 Å². The number of methoxy groups -OCH3 is 1. The highest BCUT2D eigenvalue weighted by molar-refractivity contribution is 5.97. The molecule has 1 aromatic carbocycles. The van der Waals surface area contributed by atoms with Crippen molar-refractivity contribution in [2.24, 2.45) is 0 Å². The van der Waals surface area contributed by atoms with Gasteiger partial charge in [0.15, 0.2) is 0 Å². The Morgan fingerprint density at radius 2 is 1.81 bits per heavy atom. The molecule has 21 heavy (non-hydrogen) atoms. The van der Waals surface area contributed by atoms with E-state index in [0.29, 0.717) is 0 Å². The number of anilines is 1. The Morgan fingerprint density at radius 3 is 2.33 bits per heavy atom. The van der Waals surface area contributed by atoms with Gasteiger partial charge in [-0.3, -0.25) is 0 Å². The van der Waals surface area contributed by atoms with E-state index < -0.39 is 5.97 Å². The maximum Gasteiger partial charge on any atom is 0.348 e. The molecule has 0 spiro atoms. The Morgan fingerprint density at radius 1 is 1.19 bits per heavy atom. The summed E-state index contributed by atoms with van der Waals surface area (Å²) in [6.07, 6.45) is 6.65. The number of hydrogen-bond donors (Lipinski definition) is 0. The molecule has 0 atom stereocenters. The summed E-state index contributed by atoms with van der Waals surface area (Å²) < 4.78 is 4.57. The third-order valence-corrected chi connectivity index (χ3v) is 3.70. The van der Waals surface area contributed by atoms with Crippen molar-refractivity contribution in [2.45, 2.75) is 25.7 Å². The number of benzene rings is 1. The molecule has 0 unspecified atom stereocenters. The van der Waals surface area contributed by atoms with Crippen LogP contribution in [-0.4, -0.2) is 26.2 Å². The van der Waals surface area contributed by atoms with E-state index in [1.807, 2.05) is 30.3 Å². The second-order valence-corrected chi connectivity index (χ2v) is 5.15. The summed E-state index contributed by atoms with van der Waals surface area (Å²) in [5.41, 5.74) is 2.04. The zero-order chi connectivity index (χ0) is 15.1. The third-order valence-electron chi connectivity index (χ3n) is 3.70. The van der Waals surface area contributed by atoms with Crippen LogP contribution in [0.15, 0.2) is 29.8 Å². The molecule has 1 aliphatic heterocycles. The number of ether oxygens (including phenoxy) is 1. The van der Waals surface area contributed by atoms with Crippen LogP contribution >= 0.6 is 0 Å². The number of nitrogens with zero attached hydrogens (tertiary/aromatic N) is 2. The number of carbonyl (C=O) groups excluding carboxylic acids is 1. The normalized spacial score (nSPS) is 16.0. The van der Waals surface area contributed by atoms with Gasteiger partial charge in [-0.2, -0.15) is 5.26 Å². The lowest BCUT2D eigenvalue weighted by Gasteiger charge is -2.22. The molecule has 0 N–H and O–H groups in total. The van der Waals surface area contributed by atoms with E-state index in [4.69, 9.17) is 5.26 Å². The van der Waals surface area contributed by atoms with Crippen molar-refractivity contribution in [3.05, 3.63) is 35.4 Å². The van der Waals surface area contributed by atoms with Gasteiger partial charge in [0, 0.05) is 18.8 Å². The van der Waals surface area contributed by atoms with Crippen molar-refractivity contribution in [1.29, 1.82) is 5.26 Å². The SMILES string of the molecule is COC(=O)/C(C#N)=C\c1ccc(N2CCCCCC2)cc1. The first-order valence-electron chi connectivity index (χ1n) is 7.29. The third kappa shape index (κ3) is 4.09. The van der Waals surface area contributed by atoms with Crippen LogP contribution in [-0.2, 0) is 9.53 Å². The van der Waals surface area contributed by atoms with Gasteiger partial charge in [-0.05, 0) is 36.6 Å². The lowest BCUT2D eigenvalue weighted by molar-refractivity contribution is -0.135. The predicted octanol–water partition coefficient (Wildman–Crippen LogP) is 3.15. The summed E-state index contributed by atoms with van der Waals surface area (Å²) in [6.45, 7) is 2.20. The quantitative estimate of drug-likeness (QED) is 0.486. The smallest absolute Gasteiger partial charge is 0.348 e. The van der Waals surface area contributed by atoms with E-state index >= 15 is 0 Å². The van der Waals surface area contributed by atoms with Crippen LogP contribution in [0.3, 0.4) is 0 Å². The molecule has 4 heteroatoms. The molecule has 0 amide bonds. The van der Waals surface area contributed by atoms with E-state index in [9.17, 15) is 4.79 Å². The lowest BCUT2D eigenvalue weighted by atomic mass is 10.1. The van der Waals surface area contributed by atoms with Crippen LogP contribution in [0.25, 0.3) is 6.08 Å². The van der Waals surface area contributed by atoms with Crippen LogP contribution in [0.4, 0.5) is 5.69 Å². The Bertz CT molecular complexity index is 547. The summed E-state index contributed by atoms with van der Waals surface area (Å²) in [5, 5.41) is 8.95. The molecular weight excluding hydrogens is 264 g/mol. The first-order valence-corrected chi connectivity index (χ1v) is 7.29. The van der Waals surface area contributed by atoms with E-state index in [2.05, 4.69) is 9.64 Å². The first-order chi connectivity index (χ1) is 10.2. The topological polar surface area (TPSA) is 53.3 Å². The van der Waals surface area contributed by atoms with Gasteiger partial charge < -0.3 is 9.64 Å². The van der Waals surface area contributed by atoms with Gasteiger partial charge in [-0.25, -0.2) is 4.79 Å². The van der Waals surface area contributed by atoms with Crippen molar-refractivity contribution in [3.8, 4) is 6.07 Å². The molecule has 0 aliphatic carbocycles. The number of esters is 1. The fourth-order valence-corrected chi connectivity index (χ4v) is 2.52. The molecule has 1 fully saturated rings. The minimum atomic E-state index is -0.603. The molecular formula is C17H20N2O2. The predicted molar refractivity (Wildman–Crippen MR) is 82.7 cm³/mol. The molecule has 1 aliphatic rings. The Labute approximate surface area is 125 Å². The van der Waals surface area contributed by atoms with E-state index in [1.165, 1.54) is 38.5 Å². The largest absolute Gasteiger partial charge is 0.465 e. The minimum Gasteiger partial charge on any atom is -0.465 e. The van der Waals surface area contributed by atoms with E-state index in [1.54, 1.807) is 6.08 Å². The molecule has 2 rings (SSSR count). The first kappa shape index (κ1) is 15.1. The van der Waals surface area contributed by atoms with Crippen molar-refractivity contribution in [2.75, 3.05) is 25.1 Å². The molecule has 1 heterocycles. The van der Waals surface area contributed by atoms with Gasteiger partial charge in [0.1, 0.15) is 11.6 Å². The maximum atomic E-state index is 11.4. The van der Waals surface area contributed by atoms with Crippen molar-refractivity contribution in [3.63, 3.8) is 0 Å². The maximum absolute atomic E-state index is 11.4. The molecule has 4 nitrogen and oxygen atoms in total. The van der Waals surface area contributed by atoms with Gasteiger partial charge in [-0.15, -0.1) is 0 Å². The van der Waals surface area contributed by atoms with Gasteiger partial charge in [-0.1, -0.05) is 25.0 Å². The van der Waals surface area contributed by atoms with Crippen LogP contribution in [0.2, 0.25) is 0 Å². The number of hydrogen-bond acceptors (Lipinski definition) is 4. The average molecular weight is 284 g/mol. The summed E-state index contributed by atoms with van der Waals surface area (Å²) in [7, 11) is 1.27. The zero-order valence-electron chi connectivity index (χ0n) is 12.3. The molecule has 1 saturated heterocycles. The number of rotatable bonds is 3. The second kappa shape index (κ2) is 7.49. The van der Waals surface area contributed by atoms with Crippen molar-refractivity contribution < 1.29 is 9.53 Å². The lowest BCUT2D eigenvalue weighted by Crippen LogP contribution is -2.23. The van der Waals surface area contributed by atoms with Gasteiger partial charge in [0.05, 0.1) is 7.11 Å². The second-order valence-electron chi connectivity index (χ2n) is 5.15. The van der Waals surface area contributed by atoms with Gasteiger partial charge in [0.25, 0.3) is 0 Å². The van der Waals surface area contributed by atoms with Crippen molar-refractivity contribution >= 4 is 17.7 Å². The molecule has 1 aromatic rings. The highest BCUT2D eigenvalue weighted by Gasteiger charge is 2.11. The highest BCUT2D eigenvalue weighted by atomic mass is 16.5. The molecule has 110 valence electrons. The van der Waals surface area contributed by atoms with Crippen LogP contribution in [0, 0.1) is 11.3 Å². The summed E-state index contributed by atoms with van der Waals surface area (Å²) in [4.78, 5) is 13.8. The standard InChI is InChI=1S/C17H20N2O2/c1-21-17(20)15(13-18)12-14-6-8-16(9-7-14)19-10-4-2-3-5-11-19/h6-9,12H,2-5,10-11H2,1H3/b15-12-. The van der Waals surface area contributed by atoms with Crippen LogP contribution in [0.5, 0.6) is 0 Å². The molecule has 0 saturated carbocycles. The van der Waals surface area contributed by atoms with Crippen molar-refractivity contribution in [1.82, 2.24) is 0 Å². The number of carbonyl (C=O) groups is 1. The molecule has 0 aromatic heterocycles. The minimum absolute atomic E-state index is 0.0139. The number of nitriles is 1. The van der Waals surface area contributed by atoms with Crippen LogP contribution in [0.1, 0.15) is 31.2 Å². The average Bonchev–Trinajstić information content (AvgIpc) is 2.81. The van der Waals surface area contributed by atoms with Gasteiger partial charge in [0.2, 0.25) is 0 Å². The zero-order valence-corrected chi connectivity index (χ0v) is 12.3. The van der Waals surface area contributed by atoms with Gasteiger partial charge >= 0.3 is 5.97 Å². The van der Waals surface area contributed by atoms with E-state index in [-0.39, 0.29) is 5.57 Å². The monoisotopic (exact) mass is 284 g/mol. The Kier molecular flexibility index (Phi) is 5.39. The summed E-state index contributed by atoms with van der Waals surface area (Å²) in [5.74, 6) is -0.603. The summed E-state index contributed by atoms with van der Waals surface area (Å²) in [6, 6.07) is 9.82. The Balaban J connectivity index is 2.13. The summed E-state index contributed by atoms with van der Waals surface area (Å²) >= 11 is 0. The fraction of sp³-hybridized carbons (Fsp3) is 0.412. The fourth-order valence-electron chi connectivity index (χ4n) is 2.52.